The fraction of sp³-hybridized carbons (Fsp3) is 0.136. The second kappa shape index (κ2) is 9.31. The first kappa shape index (κ1) is 22.5. The van der Waals surface area contributed by atoms with E-state index in [9.17, 15) is 14.0 Å². The number of likely N-dealkylation sites (N-methyl/N-ethyl adjacent to an activating group) is 1. The van der Waals surface area contributed by atoms with Crippen molar-refractivity contribution < 1.29 is 28.2 Å². The van der Waals surface area contributed by atoms with Crippen LogP contribution in [0.3, 0.4) is 0 Å². The molecule has 166 valence electrons. The number of carbonyl (C=O) groups excluding carboxylic acids is 2. The zero-order valence-corrected chi connectivity index (χ0v) is 17.6. The minimum atomic E-state index is -0.804. The lowest BCUT2D eigenvalue weighted by atomic mass is 10.1. The topological polar surface area (TPSA) is 116 Å². The molecule has 0 bridgehead atoms. The molecule has 2 amide bonds. The summed E-state index contributed by atoms with van der Waals surface area (Å²) < 4.78 is 31.0. The normalized spacial score (nSPS) is 10.4. The number of hydrazine groups is 1. The SMILES string of the molecule is C=C(C(=O)Nc1ccc(Oc2ccnc3cc(OC)c(OC)cc23)c(F)c1)C(=O)N(C)N. The number of rotatable bonds is 7. The molecule has 1 aromatic heterocycles. The third kappa shape index (κ3) is 4.60. The second-order valence-electron chi connectivity index (χ2n) is 6.63. The molecule has 10 heteroatoms. The summed E-state index contributed by atoms with van der Waals surface area (Å²) in [4.78, 5) is 28.1. The van der Waals surface area contributed by atoms with E-state index < -0.39 is 17.6 Å². The van der Waals surface area contributed by atoms with Gasteiger partial charge < -0.3 is 19.5 Å². The third-order valence-corrected chi connectivity index (χ3v) is 4.47. The lowest BCUT2D eigenvalue weighted by Gasteiger charge is -2.14. The van der Waals surface area contributed by atoms with Crippen LogP contribution < -0.4 is 25.4 Å². The van der Waals surface area contributed by atoms with Gasteiger partial charge in [-0.1, -0.05) is 6.58 Å². The molecular weight excluding hydrogens is 419 g/mol. The number of halogens is 1. The highest BCUT2D eigenvalue weighted by molar-refractivity contribution is 6.22. The Labute approximate surface area is 183 Å². The Kier molecular flexibility index (Phi) is 6.55. The average Bonchev–Trinajstić information content (AvgIpc) is 2.78. The summed E-state index contributed by atoms with van der Waals surface area (Å²) in [6.07, 6.45) is 1.52. The van der Waals surface area contributed by atoms with Gasteiger partial charge in [-0.15, -0.1) is 0 Å². The minimum Gasteiger partial charge on any atom is -0.493 e. The number of fused-ring (bicyclic) bond motifs is 1. The standard InChI is InChI=1S/C22H21FN4O5/c1-12(22(29)27(2)24)21(28)26-13-5-6-18(15(23)9-13)32-17-7-8-25-16-11-20(31-4)19(30-3)10-14(16)17/h5-11H,1,24H2,2-4H3,(H,26,28). The van der Waals surface area contributed by atoms with Crippen LogP contribution in [0.15, 0.2) is 54.7 Å². The van der Waals surface area contributed by atoms with Crippen LogP contribution in [0.25, 0.3) is 10.9 Å². The van der Waals surface area contributed by atoms with E-state index in [0.717, 1.165) is 11.1 Å². The van der Waals surface area contributed by atoms with E-state index in [1.807, 2.05) is 0 Å². The molecule has 0 unspecified atom stereocenters. The van der Waals surface area contributed by atoms with Gasteiger partial charge in [0.25, 0.3) is 11.8 Å². The molecule has 0 atom stereocenters. The van der Waals surface area contributed by atoms with E-state index in [1.54, 1.807) is 18.2 Å². The molecule has 1 heterocycles. The maximum Gasteiger partial charge on any atom is 0.272 e. The van der Waals surface area contributed by atoms with Crippen molar-refractivity contribution in [3.63, 3.8) is 0 Å². The highest BCUT2D eigenvalue weighted by Gasteiger charge is 2.19. The molecule has 9 nitrogen and oxygen atoms in total. The number of hydrogen-bond donors (Lipinski definition) is 2. The molecule has 3 N–H and O–H groups in total. The Morgan fingerprint density at radius 3 is 2.38 bits per heavy atom. The average molecular weight is 440 g/mol. The van der Waals surface area contributed by atoms with Gasteiger partial charge in [0.1, 0.15) is 5.75 Å². The van der Waals surface area contributed by atoms with Crippen molar-refractivity contribution in [2.24, 2.45) is 5.84 Å². The Bertz CT molecular complexity index is 1210. The van der Waals surface area contributed by atoms with Crippen molar-refractivity contribution in [2.45, 2.75) is 0 Å². The van der Waals surface area contributed by atoms with Gasteiger partial charge in [0.05, 0.1) is 25.3 Å². The number of hydrogen-bond acceptors (Lipinski definition) is 7. The first-order chi connectivity index (χ1) is 15.2. The van der Waals surface area contributed by atoms with E-state index in [4.69, 9.17) is 20.1 Å². The Morgan fingerprint density at radius 2 is 1.75 bits per heavy atom. The predicted octanol–water partition coefficient (Wildman–Crippen LogP) is 3.01. The van der Waals surface area contributed by atoms with E-state index in [1.165, 1.54) is 39.6 Å². The molecule has 0 aliphatic heterocycles. The van der Waals surface area contributed by atoms with Gasteiger partial charge in [-0.25, -0.2) is 10.2 Å². The number of ether oxygens (including phenoxy) is 3. The largest absolute Gasteiger partial charge is 0.493 e. The summed E-state index contributed by atoms with van der Waals surface area (Å²) >= 11 is 0. The Balaban J connectivity index is 1.85. The van der Waals surface area contributed by atoms with Crippen LogP contribution in [0, 0.1) is 5.82 Å². The lowest BCUT2D eigenvalue weighted by molar-refractivity contribution is -0.128. The summed E-state index contributed by atoms with van der Waals surface area (Å²) in [6, 6.07) is 8.78. The van der Waals surface area contributed by atoms with Crippen LogP contribution in [0.4, 0.5) is 10.1 Å². The number of aromatic nitrogens is 1. The molecule has 2 aromatic carbocycles. The van der Waals surface area contributed by atoms with Crippen LogP contribution in [0.5, 0.6) is 23.0 Å². The number of methoxy groups -OCH3 is 2. The zero-order chi connectivity index (χ0) is 23.4. The first-order valence-electron chi connectivity index (χ1n) is 9.26. The summed E-state index contributed by atoms with van der Waals surface area (Å²) in [5.74, 6) is 4.23. The summed E-state index contributed by atoms with van der Waals surface area (Å²) in [5, 5.41) is 3.70. The molecule has 32 heavy (non-hydrogen) atoms. The molecule has 0 saturated carbocycles. The van der Waals surface area contributed by atoms with Crippen LogP contribution in [-0.4, -0.2) is 43.1 Å². The van der Waals surface area contributed by atoms with Gasteiger partial charge in [0.15, 0.2) is 23.1 Å². The van der Waals surface area contributed by atoms with E-state index in [2.05, 4.69) is 16.9 Å². The predicted molar refractivity (Wildman–Crippen MR) is 116 cm³/mol. The van der Waals surface area contributed by atoms with Crippen LogP contribution in [-0.2, 0) is 9.59 Å². The number of nitrogens with two attached hydrogens (primary N) is 1. The fourth-order valence-electron chi connectivity index (χ4n) is 2.83. The van der Waals surface area contributed by atoms with Gasteiger partial charge in [0, 0.05) is 36.5 Å². The highest BCUT2D eigenvalue weighted by Crippen LogP contribution is 2.37. The van der Waals surface area contributed by atoms with Gasteiger partial charge in [-0.05, 0) is 24.3 Å². The number of carbonyl (C=O) groups is 2. The number of anilines is 1. The highest BCUT2D eigenvalue weighted by atomic mass is 19.1. The molecule has 0 fully saturated rings. The van der Waals surface area contributed by atoms with E-state index >= 15 is 0 Å². The van der Waals surface area contributed by atoms with Crippen LogP contribution in [0.1, 0.15) is 0 Å². The molecule has 0 saturated heterocycles. The van der Waals surface area contributed by atoms with Crippen molar-refractivity contribution in [3.05, 3.63) is 60.6 Å². The minimum absolute atomic E-state index is 0.0816. The van der Waals surface area contributed by atoms with E-state index in [-0.39, 0.29) is 17.0 Å². The smallest absolute Gasteiger partial charge is 0.272 e. The summed E-state index contributed by atoms with van der Waals surface area (Å²) in [7, 11) is 4.29. The van der Waals surface area contributed by atoms with Gasteiger partial charge in [-0.2, -0.15) is 0 Å². The van der Waals surface area contributed by atoms with Gasteiger partial charge in [0.2, 0.25) is 0 Å². The van der Waals surface area contributed by atoms with E-state index in [0.29, 0.717) is 28.2 Å². The third-order valence-electron chi connectivity index (χ3n) is 4.47. The van der Waals surface area contributed by atoms with Crippen molar-refractivity contribution in [1.82, 2.24) is 9.99 Å². The van der Waals surface area contributed by atoms with Crippen LogP contribution in [0.2, 0.25) is 0 Å². The Morgan fingerprint density at radius 1 is 1.06 bits per heavy atom. The number of benzene rings is 2. The maximum absolute atomic E-state index is 14.7. The summed E-state index contributed by atoms with van der Waals surface area (Å²) in [6.45, 7) is 3.40. The molecule has 0 spiro atoms. The van der Waals surface area contributed by atoms with Gasteiger partial charge in [-0.3, -0.25) is 19.6 Å². The zero-order valence-electron chi connectivity index (χ0n) is 17.6. The van der Waals surface area contributed by atoms with Crippen molar-refractivity contribution in [2.75, 3.05) is 26.6 Å². The second-order valence-corrected chi connectivity index (χ2v) is 6.63. The molecule has 0 aliphatic carbocycles. The molecule has 3 rings (SSSR count). The fourth-order valence-corrected chi connectivity index (χ4v) is 2.83. The number of amides is 2. The quantitative estimate of drug-likeness (QED) is 0.145. The van der Waals surface area contributed by atoms with Crippen molar-refractivity contribution in [3.8, 4) is 23.0 Å². The Hall–Kier alpha value is -4.18. The monoisotopic (exact) mass is 440 g/mol. The number of nitrogens with one attached hydrogen (secondary N) is 1. The molecule has 3 aromatic rings. The summed E-state index contributed by atoms with van der Waals surface area (Å²) in [5.41, 5.74) is 0.292. The van der Waals surface area contributed by atoms with Gasteiger partial charge >= 0.3 is 0 Å². The molecule has 0 radical (unpaired) electrons. The van der Waals surface area contributed by atoms with Crippen molar-refractivity contribution >= 4 is 28.4 Å². The first-order valence-corrected chi connectivity index (χ1v) is 9.26. The number of nitrogens with zero attached hydrogens (tertiary/aromatic N) is 2. The maximum atomic E-state index is 14.7. The van der Waals surface area contributed by atoms with Crippen molar-refractivity contribution in [1.29, 1.82) is 0 Å². The van der Waals surface area contributed by atoms with Crippen LogP contribution >= 0.6 is 0 Å². The number of pyridine rings is 1. The molecule has 0 aliphatic rings. The molecular formula is C22H21FN4O5. The lowest BCUT2D eigenvalue weighted by Crippen LogP contribution is -2.37.